The van der Waals surface area contributed by atoms with Crippen molar-refractivity contribution >= 4 is 39.2 Å². The molecule has 2 atom stereocenters. The molecule has 0 spiro atoms. The summed E-state index contributed by atoms with van der Waals surface area (Å²) in [5.74, 6) is 1.71. The second-order valence-corrected chi connectivity index (χ2v) is 9.52. The zero-order valence-electron chi connectivity index (χ0n) is 15.7. The number of hydrogen-bond acceptors (Lipinski definition) is 6. The maximum Gasteiger partial charge on any atom is 0.259 e. The zero-order valence-corrected chi connectivity index (χ0v) is 17.4. The Hall–Kier alpha value is -1.38. The van der Waals surface area contributed by atoms with E-state index in [-0.39, 0.29) is 23.7 Å². The summed E-state index contributed by atoms with van der Waals surface area (Å²) in [4.78, 5) is 36.7. The fourth-order valence-electron chi connectivity index (χ4n) is 3.98. The van der Waals surface area contributed by atoms with Gasteiger partial charge in [-0.25, -0.2) is 4.98 Å². The number of carbonyl (C=O) groups excluding carboxylic acids is 1. The number of ether oxygens (including phenoxy) is 1. The monoisotopic (exact) mass is 407 g/mol. The first kappa shape index (κ1) is 19.0. The second-order valence-electron chi connectivity index (χ2n) is 7.45. The van der Waals surface area contributed by atoms with Gasteiger partial charge in [0, 0.05) is 18.0 Å². The van der Waals surface area contributed by atoms with E-state index in [9.17, 15) is 9.59 Å². The molecule has 3 heterocycles. The molecule has 2 aromatic heterocycles. The van der Waals surface area contributed by atoms with Gasteiger partial charge >= 0.3 is 0 Å². The summed E-state index contributed by atoms with van der Waals surface area (Å²) in [6, 6.07) is 0. The van der Waals surface area contributed by atoms with E-state index in [4.69, 9.17) is 4.74 Å². The van der Waals surface area contributed by atoms with Crippen LogP contribution in [0.2, 0.25) is 0 Å². The third-order valence-corrected chi connectivity index (χ3v) is 7.23. The largest absolute Gasteiger partial charge is 0.372 e. The maximum absolute atomic E-state index is 12.6. The number of aromatic amines is 1. The minimum absolute atomic E-state index is 0.0304. The molecule has 1 saturated heterocycles. The summed E-state index contributed by atoms with van der Waals surface area (Å²) >= 11 is 3.16. The van der Waals surface area contributed by atoms with Crippen LogP contribution in [0.3, 0.4) is 0 Å². The molecule has 2 aliphatic rings. The highest BCUT2D eigenvalue weighted by Gasteiger charge is 2.25. The predicted octanol–water partition coefficient (Wildman–Crippen LogP) is 2.73. The SMILES string of the molecule is CC1CN(C(=O)CSCc2nc3sc4c(c3c(=O)[nH]2)CCCC4)CC(C)O1. The van der Waals surface area contributed by atoms with E-state index in [1.54, 1.807) is 11.3 Å². The molecule has 8 heteroatoms. The fraction of sp³-hybridized carbons (Fsp3) is 0.632. The summed E-state index contributed by atoms with van der Waals surface area (Å²) in [5.41, 5.74) is 1.18. The fourth-order valence-corrected chi connectivity index (χ4v) is 6.05. The number of morpholine rings is 1. The normalized spacial score (nSPS) is 22.8. The summed E-state index contributed by atoms with van der Waals surface area (Å²) in [6.45, 7) is 5.28. The molecule has 4 rings (SSSR count). The summed E-state index contributed by atoms with van der Waals surface area (Å²) in [5, 5.41) is 0.788. The lowest BCUT2D eigenvalue weighted by atomic mass is 9.97. The summed E-state index contributed by atoms with van der Waals surface area (Å²) in [6.07, 6.45) is 4.54. The van der Waals surface area contributed by atoms with Gasteiger partial charge in [0.2, 0.25) is 5.91 Å². The maximum atomic E-state index is 12.6. The number of H-pyrrole nitrogens is 1. The summed E-state index contributed by atoms with van der Waals surface area (Å²) in [7, 11) is 0. The van der Waals surface area contributed by atoms with Gasteiger partial charge in [-0.3, -0.25) is 9.59 Å². The van der Waals surface area contributed by atoms with Crippen LogP contribution in [0.4, 0.5) is 0 Å². The molecule has 1 fully saturated rings. The van der Waals surface area contributed by atoms with Gasteiger partial charge in [0.1, 0.15) is 10.7 Å². The lowest BCUT2D eigenvalue weighted by Gasteiger charge is -2.35. The van der Waals surface area contributed by atoms with Gasteiger partial charge in [-0.05, 0) is 45.1 Å². The average Bonchev–Trinajstić information content (AvgIpc) is 2.99. The van der Waals surface area contributed by atoms with Gasteiger partial charge in [0.25, 0.3) is 5.56 Å². The Balaban J connectivity index is 1.40. The van der Waals surface area contributed by atoms with Crippen LogP contribution in [0.15, 0.2) is 4.79 Å². The van der Waals surface area contributed by atoms with Crippen LogP contribution in [-0.4, -0.2) is 51.8 Å². The van der Waals surface area contributed by atoms with Gasteiger partial charge in [-0.15, -0.1) is 23.1 Å². The third-order valence-electron chi connectivity index (χ3n) is 5.11. The molecule has 2 aromatic rings. The molecule has 0 bridgehead atoms. The van der Waals surface area contributed by atoms with Crippen molar-refractivity contribution in [1.29, 1.82) is 0 Å². The van der Waals surface area contributed by atoms with Crippen LogP contribution in [-0.2, 0) is 28.1 Å². The first-order valence-electron chi connectivity index (χ1n) is 9.55. The molecular formula is C19H25N3O3S2. The Kier molecular flexibility index (Phi) is 5.57. The number of carbonyl (C=O) groups is 1. The first-order chi connectivity index (χ1) is 13.0. The Morgan fingerprint density at radius 1 is 1.30 bits per heavy atom. The van der Waals surface area contributed by atoms with E-state index in [2.05, 4.69) is 9.97 Å². The molecular weight excluding hydrogens is 382 g/mol. The minimum Gasteiger partial charge on any atom is -0.372 e. The van der Waals surface area contributed by atoms with Crippen molar-refractivity contribution in [3.63, 3.8) is 0 Å². The molecule has 6 nitrogen and oxygen atoms in total. The number of aromatic nitrogens is 2. The standard InChI is InChI=1S/C19H25N3O3S2/c1-11-7-22(8-12(2)25-11)16(23)10-26-9-15-20-18(24)17-13-5-3-4-6-14(13)27-19(17)21-15/h11-12H,3-10H2,1-2H3,(H,20,21,24). The van der Waals surface area contributed by atoms with Crippen LogP contribution in [0.1, 0.15) is 43.0 Å². The topological polar surface area (TPSA) is 75.3 Å². The van der Waals surface area contributed by atoms with Gasteiger partial charge in [0.05, 0.1) is 29.1 Å². The third kappa shape index (κ3) is 4.07. The molecule has 0 saturated carbocycles. The lowest BCUT2D eigenvalue weighted by Crippen LogP contribution is -2.48. The van der Waals surface area contributed by atoms with Gasteiger partial charge in [0.15, 0.2) is 0 Å². The van der Waals surface area contributed by atoms with Crippen molar-refractivity contribution in [3.05, 3.63) is 26.6 Å². The van der Waals surface area contributed by atoms with Gasteiger partial charge in [-0.2, -0.15) is 0 Å². The van der Waals surface area contributed by atoms with Gasteiger partial charge < -0.3 is 14.6 Å². The number of rotatable bonds is 4. The highest BCUT2D eigenvalue weighted by atomic mass is 32.2. The van der Waals surface area contributed by atoms with Crippen molar-refractivity contribution in [2.24, 2.45) is 0 Å². The van der Waals surface area contributed by atoms with E-state index in [0.29, 0.717) is 30.4 Å². The van der Waals surface area contributed by atoms with Crippen LogP contribution < -0.4 is 5.56 Å². The molecule has 0 radical (unpaired) electrons. The van der Waals surface area contributed by atoms with Crippen LogP contribution >= 0.6 is 23.1 Å². The van der Waals surface area contributed by atoms with Crippen molar-refractivity contribution in [2.75, 3.05) is 18.8 Å². The Morgan fingerprint density at radius 3 is 2.81 bits per heavy atom. The summed E-state index contributed by atoms with van der Waals surface area (Å²) < 4.78 is 5.68. The number of thioether (sulfide) groups is 1. The van der Waals surface area contributed by atoms with Gasteiger partial charge in [-0.1, -0.05) is 0 Å². The smallest absolute Gasteiger partial charge is 0.259 e. The quantitative estimate of drug-likeness (QED) is 0.843. The van der Waals surface area contributed by atoms with E-state index in [1.165, 1.54) is 28.6 Å². The van der Waals surface area contributed by atoms with E-state index in [0.717, 1.165) is 29.5 Å². The second kappa shape index (κ2) is 7.93. The Labute approximate surface area is 166 Å². The van der Waals surface area contributed by atoms with Crippen LogP contribution in [0, 0.1) is 0 Å². The minimum atomic E-state index is -0.0304. The molecule has 1 amide bonds. The molecule has 2 unspecified atom stereocenters. The number of aryl methyl sites for hydroxylation is 2. The average molecular weight is 408 g/mol. The molecule has 146 valence electrons. The first-order valence-corrected chi connectivity index (χ1v) is 11.5. The molecule has 0 aromatic carbocycles. The zero-order chi connectivity index (χ0) is 19.0. The van der Waals surface area contributed by atoms with Crippen molar-refractivity contribution in [2.45, 2.75) is 57.5 Å². The number of hydrogen-bond donors (Lipinski definition) is 1. The molecule has 1 aliphatic heterocycles. The molecule has 1 N–H and O–H groups in total. The van der Waals surface area contributed by atoms with Crippen LogP contribution in [0.25, 0.3) is 10.2 Å². The Bertz CT molecular complexity index is 897. The highest BCUT2D eigenvalue weighted by Crippen LogP contribution is 2.33. The number of nitrogens with one attached hydrogen (secondary N) is 1. The molecule has 1 aliphatic carbocycles. The van der Waals surface area contributed by atoms with E-state index >= 15 is 0 Å². The highest BCUT2D eigenvalue weighted by molar-refractivity contribution is 7.99. The van der Waals surface area contributed by atoms with E-state index in [1.807, 2.05) is 18.7 Å². The Morgan fingerprint density at radius 2 is 2.04 bits per heavy atom. The van der Waals surface area contributed by atoms with Crippen LogP contribution in [0.5, 0.6) is 0 Å². The number of fused-ring (bicyclic) bond motifs is 3. The van der Waals surface area contributed by atoms with Crippen molar-refractivity contribution < 1.29 is 9.53 Å². The van der Waals surface area contributed by atoms with Crippen molar-refractivity contribution in [3.8, 4) is 0 Å². The molecule has 27 heavy (non-hydrogen) atoms. The van der Waals surface area contributed by atoms with E-state index < -0.39 is 0 Å². The number of amides is 1. The van der Waals surface area contributed by atoms with Crippen molar-refractivity contribution in [1.82, 2.24) is 14.9 Å². The number of nitrogens with zero attached hydrogens (tertiary/aromatic N) is 2. The predicted molar refractivity (Wildman–Crippen MR) is 110 cm³/mol. The lowest BCUT2D eigenvalue weighted by molar-refractivity contribution is -0.140. The number of thiophene rings is 1.